The van der Waals surface area contributed by atoms with E-state index in [1.165, 1.54) is 4.90 Å². The Morgan fingerprint density at radius 3 is 2.79 bits per heavy atom. The van der Waals surface area contributed by atoms with E-state index in [1.807, 2.05) is 0 Å². The molecule has 156 valence electrons. The number of nitrogens with one attached hydrogen (secondary N) is 1. The van der Waals surface area contributed by atoms with Gasteiger partial charge in [-0.2, -0.15) is 13.5 Å². The van der Waals surface area contributed by atoms with Gasteiger partial charge in [0.2, 0.25) is 0 Å². The van der Waals surface area contributed by atoms with E-state index >= 15 is 0 Å². The molecule has 2 saturated heterocycles. The molecule has 2 atom stereocenters. The Kier molecular flexibility index (Phi) is 5.25. The molecule has 2 aliphatic heterocycles. The first-order valence-corrected chi connectivity index (χ1v) is 9.98. The van der Waals surface area contributed by atoms with Crippen molar-refractivity contribution in [1.82, 2.24) is 20.4 Å². The highest BCUT2D eigenvalue weighted by molar-refractivity contribution is 7.80. The third-order valence-electron chi connectivity index (χ3n) is 4.22. The summed E-state index contributed by atoms with van der Waals surface area (Å²) < 4.78 is 45.4. The lowest BCUT2D eigenvalue weighted by molar-refractivity contribution is -0.0317. The summed E-state index contributed by atoms with van der Waals surface area (Å²) in [4.78, 5) is 25.5. The van der Waals surface area contributed by atoms with Crippen LogP contribution in [0.4, 0.5) is 9.59 Å². The Morgan fingerprint density at radius 1 is 1.43 bits per heavy atom. The number of hydrogen-bond donors (Lipinski definition) is 2. The second-order valence-electron chi connectivity index (χ2n) is 7.58. The minimum absolute atomic E-state index is 0.0587. The third-order valence-corrected chi connectivity index (χ3v) is 4.57. The maximum absolute atomic E-state index is 12.4. The van der Waals surface area contributed by atoms with Crippen LogP contribution in [0.3, 0.4) is 0 Å². The van der Waals surface area contributed by atoms with Gasteiger partial charge in [0.1, 0.15) is 11.3 Å². The second-order valence-corrected chi connectivity index (χ2v) is 8.59. The molecule has 28 heavy (non-hydrogen) atoms. The van der Waals surface area contributed by atoms with Gasteiger partial charge in [-0.25, -0.2) is 9.59 Å². The second kappa shape index (κ2) is 7.22. The first-order chi connectivity index (χ1) is 12.9. The molecule has 0 spiro atoms. The molecule has 0 saturated carbocycles. The van der Waals surface area contributed by atoms with Crippen LogP contribution in [0.1, 0.15) is 51.1 Å². The standard InChI is InChI=1S/C15H22N4O8S/c1-15(2,3)25-13(20)16-7-10-6-11(17-26-10)12-5-4-9-8-18(12)14(21)19(9)27-28(22,23)24/h6,9,12H,4-5,7-8H2,1-3H3,(H,16,20)(H,22,23,24)/t9-,12+/m1/s1. The Bertz CT molecular complexity index is 862. The molecule has 2 fully saturated rings. The van der Waals surface area contributed by atoms with E-state index in [9.17, 15) is 18.0 Å². The molecular weight excluding hydrogens is 396 g/mol. The number of hydrogen-bond acceptors (Lipinski definition) is 8. The average molecular weight is 418 g/mol. The van der Waals surface area contributed by atoms with Crippen molar-refractivity contribution in [2.24, 2.45) is 0 Å². The van der Waals surface area contributed by atoms with E-state index in [-0.39, 0.29) is 13.1 Å². The molecule has 0 radical (unpaired) electrons. The minimum atomic E-state index is -4.79. The Morgan fingerprint density at radius 2 is 2.14 bits per heavy atom. The molecule has 0 unspecified atom stereocenters. The number of carbonyl (C=O) groups is 2. The summed E-state index contributed by atoms with van der Waals surface area (Å²) in [6.07, 6.45) is 0.368. The highest BCUT2D eigenvalue weighted by Crippen LogP contribution is 2.38. The normalized spacial score (nSPS) is 22.5. The van der Waals surface area contributed by atoms with Crippen LogP contribution in [-0.2, 0) is 26.0 Å². The molecule has 3 rings (SSSR count). The molecule has 2 bridgehead atoms. The van der Waals surface area contributed by atoms with Gasteiger partial charge in [0, 0.05) is 12.6 Å². The van der Waals surface area contributed by atoms with Crippen molar-refractivity contribution in [2.45, 2.75) is 57.8 Å². The number of urea groups is 1. The summed E-state index contributed by atoms with van der Waals surface area (Å²) in [5, 5.41) is 7.17. The molecule has 2 aliphatic rings. The van der Waals surface area contributed by atoms with Crippen LogP contribution in [0.5, 0.6) is 0 Å². The van der Waals surface area contributed by atoms with Crippen LogP contribution in [0.25, 0.3) is 0 Å². The van der Waals surface area contributed by atoms with Gasteiger partial charge >= 0.3 is 22.5 Å². The number of alkyl carbamates (subject to hydrolysis) is 1. The van der Waals surface area contributed by atoms with Gasteiger partial charge in [-0.05, 0) is 33.6 Å². The zero-order chi connectivity index (χ0) is 20.7. The lowest BCUT2D eigenvalue weighted by atomic mass is 9.98. The monoisotopic (exact) mass is 418 g/mol. The minimum Gasteiger partial charge on any atom is -0.444 e. The highest BCUT2D eigenvalue weighted by Gasteiger charge is 2.48. The van der Waals surface area contributed by atoms with Crippen LogP contribution in [0.2, 0.25) is 0 Å². The average Bonchev–Trinajstić information content (AvgIpc) is 3.11. The molecule has 3 amide bonds. The van der Waals surface area contributed by atoms with E-state index in [0.29, 0.717) is 29.4 Å². The van der Waals surface area contributed by atoms with Gasteiger partial charge in [0.25, 0.3) is 0 Å². The Hall–Kier alpha value is -2.38. The van der Waals surface area contributed by atoms with Crippen molar-refractivity contribution < 1.29 is 36.1 Å². The van der Waals surface area contributed by atoms with Crippen molar-refractivity contribution in [1.29, 1.82) is 0 Å². The van der Waals surface area contributed by atoms with E-state index in [4.69, 9.17) is 13.8 Å². The van der Waals surface area contributed by atoms with Gasteiger partial charge in [-0.3, -0.25) is 4.55 Å². The fraction of sp³-hybridized carbons (Fsp3) is 0.667. The number of nitrogens with zero attached hydrogens (tertiary/aromatic N) is 3. The molecule has 2 N–H and O–H groups in total. The number of fused-ring (bicyclic) bond motifs is 2. The largest absolute Gasteiger partial charge is 0.444 e. The van der Waals surface area contributed by atoms with Gasteiger partial charge in [0.05, 0.1) is 18.6 Å². The van der Waals surface area contributed by atoms with Crippen molar-refractivity contribution in [3.63, 3.8) is 0 Å². The predicted octanol–water partition coefficient (Wildman–Crippen LogP) is 1.37. The Balaban J connectivity index is 1.63. The van der Waals surface area contributed by atoms with Crippen LogP contribution in [0, 0.1) is 0 Å². The van der Waals surface area contributed by atoms with Crippen molar-refractivity contribution in [2.75, 3.05) is 6.54 Å². The number of carbonyl (C=O) groups excluding carboxylic acids is 2. The summed E-state index contributed by atoms with van der Waals surface area (Å²) in [5.41, 5.74) is -0.150. The van der Waals surface area contributed by atoms with Crippen LogP contribution < -0.4 is 5.32 Å². The van der Waals surface area contributed by atoms with E-state index < -0.39 is 40.2 Å². The molecular formula is C15H22N4O8S. The SMILES string of the molecule is CC(C)(C)OC(=O)NCc1cc([C@@H]2CC[C@@H]3CN2C(=O)N3OS(=O)(=O)O)no1. The number of amides is 3. The fourth-order valence-corrected chi connectivity index (χ4v) is 3.57. The van der Waals surface area contributed by atoms with Crippen LogP contribution >= 0.6 is 0 Å². The highest BCUT2D eigenvalue weighted by atomic mass is 32.3. The predicted molar refractivity (Wildman–Crippen MR) is 91.9 cm³/mol. The quantitative estimate of drug-likeness (QED) is 0.675. The van der Waals surface area contributed by atoms with Crippen molar-refractivity contribution in [3.05, 3.63) is 17.5 Å². The first kappa shape index (κ1) is 20.4. The zero-order valence-corrected chi connectivity index (χ0v) is 16.4. The molecule has 3 heterocycles. The number of ether oxygens (including phenoxy) is 1. The summed E-state index contributed by atoms with van der Waals surface area (Å²) in [7, 11) is -4.79. The van der Waals surface area contributed by atoms with Crippen LogP contribution in [0.15, 0.2) is 10.6 Å². The third kappa shape index (κ3) is 4.72. The number of hydroxylamine groups is 2. The molecule has 1 aromatic heterocycles. The maximum Gasteiger partial charge on any atom is 0.418 e. The molecule has 1 aromatic rings. The lowest BCUT2D eigenvalue weighted by Crippen LogP contribution is -2.35. The lowest BCUT2D eigenvalue weighted by Gasteiger charge is -2.28. The summed E-state index contributed by atoms with van der Waals surface area (Å²) >= 11 is 0. The summed E-state index contributed by atoms with van der Waals surface area (Å²) in [6, 6.07) is 0.0206. The van der Waals surface area contributed by atoms with E-state index in [2.05, 4.69) is 14.8 Å². The first-order valence-electron chi connectivity index (χ1n) is 8.62. The summed E-state index contributed by atoms with van der Waals surface area (Å²) in [6.45, 7) is 5.53. The fourth-order valence-electron chi connectivity index (χ4n) is 3.18. The smallest absolute Gasteiger partial charge is 0.418 e. The van der Waals surface area contributed by atoms with E-state index in [1.54, 1.807) is 26.8 Å². The molecule has 12 nitrogen and oxygen atoms in total. The Labute approximate surface area is 161 Å². The van der Waals surface area contributed by atoms with Crippen molar-refractivity contribution >= 4 is 22.5 Å². The maximum atomic E-state index is 12.4. The number of rotatable bonds is 5. The summed E-state index contributed by atoms with van der Waals surface area (Å²) in [5.74, 6) is 0.376. The topological polar surface area (TPSA) is 152 Å². The van der Waals surface area contributed by atoms with E-state index in [0.717, 1.165) is 0 Å². The molecule has 0 aliphatic carbocycles. The van der Waals surface area contributed by atoms with Gasteiger partial charge < -0.3 is 19.5 Å². The molecule has 0 aromatic carbocycles. The number of aromatic nitrogens is 1. The van der Waals surface area contributed by atoms with Gasteiger partial charge in [-0.1, -0.05) is 5.16 Å². The van der Waals surface area contributed by atoms with Gasteiger partial charge in [-0.15, -0.1) is 4.28 Å². The molecule has 13 heteroatoms. The zero-order valence-electron chi connectivity index (χ0n) is 15.6. The van der Waals surface area contributed by atoms with Gasteiger partial charge in [0.15, 0.2) is 5.76 Å². The van der Waals surface area contributed by atoms with Crippen molar-refractivity contribution in [3.8, 4) is 0 Å². The number of piperidine rings is 1. The van der Waals surface area contributed by atoms with Crippen LogP contribution in [-0.4, -0.2) is 58.4 Å².